The molecule has 118 valence electrons. The number of hydrazine groups is 2. The van der Waals surface area contributed by atoms with E-state index in [0.29, 0.717) is 13.1 Å². The molecule has 0 bridgehead atoms. The Balaban J connectivity index is 0.000000304. The van der Waals surface area contributed by atoms with Gasteiger partial charge in [-0.3, -0.25) is 10.8 Å². The Morgan fingerprint density at radius 3 is 2.05 bits per heavy atom. The summed E-state index contributed by atoms with van der Waals surface area (Å²) >= 11 is 0. The van der Waals surface area contributed by atoms with Gasteiger partial charge in [-0.2, -0.15) is 5.53 Å². The predicted molar refractivity (Wildman–Crippen MR) is 80.9 cm³/mol. The molecule has 0 aliphatic carbocycles. The first kappa shape index (κ1) is 17.4. The summed E-state index contributed by atoms with van der Waals surface area (Å²) in [5, 5.41) is 1.86. The second-order valence-electron chi connectivity index (χ2n) is 5.61. The molecule has 0 unspecified atom stereocenters. The van der Waals surface area contributed by atoms with Gasteiger partial charge in [0.05, 0.1) is 0 Å². The molecule has 0 radical (unpaired) electrons. The van der Waals surface area contributed by atoms with Crippen molar-refractivity contribution >= 4 is 6.09 Å². The summed E-state index contributed by atoms with van der Waals surface area (Å²) in [6.45, 7) is 8.30. The summed E-state index contributed by atoms with van der Waals surface area (Å²) in [6.07, 6.45) is 3.25. The number of piperazine rings is 1. The number of hydrogen-bond donors (Lipinski definition) is 2. The molecule has 21 heavy (non-hydrogen) atoms. The maximum atomic E-state index is 11.6. The highest BCUT2D eigenvalue weighted by Crippen LogP contribution is 2.11. The van der Waals surface area contributed by atoms with Gasteiger partial charge in [0.2, 0.25) is 0 Å². The highest BCUT2D eigenvalue weighted by atomic mass is 16.6. The number of ether oxygens (including phenoxy) is 1. The Labute approximate surface area is 126 Å². The van der Waals surface area contributed by atoms with Crippen LogP contribution in [0.4, 0.5) is 4.79 Å². The average Bonchev–Trinajstić information content (AvgIpc) is 2.48. The molecule has 7 nitrogen and oxygen atoms in total. The molecule has 0 aromatic carbocycles. The van der Waals surface area contributed by atoms with E-state index in [1.807, 2.05) is 44.0 Å². The fourth-order valence-electron chi connectivity index (χ4n) is 1.66. The molecule has 2 heterocycles. The maximum absolute atomic E-state index is 11.6. The van der Waals surface area contributed by atoms with E-state index >= 15 is 0 Å². The van der Waals surface area contributed by atoms with Crippen molar-refractivity contribution in [3.8, 4) is 0 Å². The minimum Gasteiger partial charge on any atom is -0.444 e. The molecule has 3 N–H and O–H groups in total. The molecule has 1 aliphatic rings. The molecule has 2 rings (SSSR count). The lowest BCUT2D eigenvalue weighted by molar-refractivity contribution is 0.00917. The Bertz CT molecular complexity index is 373. The molecule has 0 spiro atoms. The van der Waals surface area contributed by atoms with Gasteiger partial charge in [-0.05, 0) is 32.9 Å². The van der Waals surface area contributed by atoms with Gasteiger partial charge in [0.15, 0.2) is 0 Å². The number of rotatable bonds is 1. The molecule has 0 atom stereocenters. The van der Waals surface area contributed by atoms with Gasteiger partial charge in [-0.25, -0.2) is 9.80 Å². The third kappa shape index (κ3) is 7.60. The Morgan fingerprint density at radius 1 is 1.14 bits per heavy atom. The van der Waals surface area contributed by atoms with E-state index in [1.165, 1.54) is 0 Å². The lowest BCUT2D eigenvalue weighted by atomic mass is 10.2. The lowest BCUT2D eigenvalue weighted by Crippen LogP contribution is -2.55. The van der Waals surface area contributed by atoms with Crippen molar-refractivity contribution in [3.63, 3.8) is 0 Å². The Morgan fingerprint density at radius 2 is 1.71 bits per heavy atom. The van der Waals surface area contributed by atoms with Gasteiger partial charge in [-0.1, -0.05) is 6.07 Å². The number of nitrogens with two attached hydrogens (primary N) is 1. The smallest absolute Gasteiger partial charge is 0.410 e. The number of carbonyl (C=O) groups excluding carboxylic acids is 1. The van der Waals surface area contributed by atoms with Crippen LogP contribution in [0, 0.1) is 0 Å². The molecule has 1 amide bonds. The second kappa shape index (κ2) is 8.56. The lowest BCUT2D eigenvalue weighted by Gasteiger charge is -2.34. The molecular weight excluding hydrogens is 270 g/mol. The van der Waals surface area contributed by atoms with E-state index in [0.717, 1.165) is 13.1 Å². The van der Waals surface area contributed by atoms with Crippen molar-refractivity contribution in [3.05, 3.63) is 30.6 Å². The normalized spacial score (nSPS) is 15.9. The van der Waals surface area contributed by atoms with Crippen molar-refractivity contribution in [2.75, 3.05) is 26.2 Å². The second-order valence-corrected chi connectivity index (χ2v) is 5.61. The molecule has 1 fully saturated rings. The number of nitrogens with one attached hydrogen (secondary N) is 1. The third-order valence-electron chi connectivity index (χ3n) is 2.68. The van der Waals surface area contributed by atoms with Gasteiger partial charge >= 0.3 is 6.09 Å². The van der Waals surface area contributed by atoms with E-state index in [-0.39, 0.29) is 6.09 Å². The maximum Gasteiger partial charge on any atom is 0.410 e. The SMILES string of the molecule is CC(C)(C)OC(=O)N1CCN(NN)CC1.c1ccncc1. The first-order chi connectivity index (χ1) is 9.92. The van der Waals surface area contributed by atoms with Crippen molar-refractivity contribution < 1.29 is 9.53 Å². The summed E-state index contributed by atoms with van der Waals surface area (Å²) in [4.78, 5) is 17.1. The minimum absolute atomic E-state index is 0.251. The largest absolute Gasteiger partial charge is 0.444 e. The summed E-state index contributed by atoms with van der Waals surface area (Å²) in [5.41, 5.74) is 2.14. The fraction of sp³-hybridized carbons (Fsp3) is 0.571. The van der Waals surface area contributed by atoms with Gasteiger partial charge in [0.25, 0.3) is 0 Å². The van der Waals surface area contributed by atoms with Gasteiger partial charge in [0.1, 0.15) is 5.60 Å². The zero-order chi connectivity index (χ0) is 15.7. The fourth-order valence-corrected chi connectivity index (χ4v) is 1.66. The van der Waals surface area contributed by atoms with Gasteiger partial charge in [-0.15, -0.1) is 0 Å². The summed E-state index contributed by atoms with van der Waals surface area (Å²) in [5.74, 6) is 5.27. The Hall–Kier alpha value is -1.70. The van der Waals surface area contributed by atoms with E-state index < -0.39 is 5.60 Å². The molecule has 7 heteroatoms. The minimum atomic E-state index is -0.430. The quantitative estimate of drug-likeness (QED) is 0.594. The number of nitrogens with zero attached hydrogens (tertiary/aromatic N) is 3. The van der Waals surface area contributed by atoms with Crippen molar-refractivity contribution in [1.29, 1.82) is 0 Å². The summed E-state index contributed by atoms with van der Waals surface area (Å²) in [7, 11) is 0. The number of aromatic nitrogens is 1. The van der Waals surface area contributed by atoms with Crippen molar-refractivity contribution in [1.82, 2.24) is 20.4 Å². The molecule has 0 saturated carbocycles. The van der Waals surface area contributed by atoms with Crippen LogP contribution in [0.5, 0.6) is 0 Å². The van der Waals surface area contributed by atoms with Crippen LogP contribution < -0.4 is 11.4 Å². The number of amides is 1. The Kier molecular flexibility index (Phi) is 7.07. The topological polar surface area (TPSA) is 83.7 Å². The molecule has 1 saturated heterocycles. The highest BCUT2D eigenvalue weighted by Gasteiger charge is 2.25. The van der Waals surface area contributed by atoms with Crippen LogP contribution in [0.1, 0.15) is 20.8 Å². The molecule has 1 aliphatic heterocycles. The van der Waals surface area contributed by atoms with Crippen LogP contribution in [0.15, 0.2) is 30.6 Å². The standard InChI is InChI=1S/C9H20N4O2.C5H5N/c1-9(2,3)15-8(14)12-4-6-13(11-10)7-5-12;1-2-4-6-5-3-1/h11H,4-7,10H2,1-3H3;1-5H. The summed E-state index contributed by atoms with van der Waals surface area (Å²) < 4.78 is 5.26. The van der Waals surface area contributed by atoms with Gasteiger partial charge in [0, 0.05) is 38.6 Å². The van der Waals surface area contributed by atoms with Crippen molar-refractivity contribution in [2.45, 2.75) is 26.4 Å². The van der Waals surface area contributed by atoms with Crippen LogP contribution in [-0.2, 0) is 4.74 Å². The first-order valence-corrected chi connectivity index (χ1v) is 6.96. The first-order valence-electron chi connectivity index (χ1n) is 6.96. The summed E-state index contributed by atoms with van der Waals surface area (Å²) in [6, 6.07) is 5.72. The van der Waals surface area contributed by atoms with E-state index in [2.05, 4.69) is 10.5 Å². The zero-order valence-corrected chi connectivity index (χ0v) is 13.0. The van der Waals surface area contributed by atoms with Crippen LogP contribution in [0.2, 0.25) is 0 Å². The van der Waals surface area contributed by atoms with E-state index in [9.17, 15) is 4.79 Å². The van der Waals surface area contributed by atoms with Crippen LogP contribution in [0.25, 0.3) is 0 Å². The predicted octanol–water partition coefficient (Wildman–Crippen LogP) is 0.999. The highest BCUT2D eigenvalue weighted by molar-refractivity contribution is 5.68. The van der Waals surface area contributed by atoms with Crippen LogP contribution in [-0.4, -0.2) is 52.8 Å². The zero-order valence-electron chi connectivity index (χ0n) is 13.0. The monoisotopic (exact) mass is 295 g/mol. The third-order valence-corrected chi connectivity index (χ3v) is 2.68. The van der Waals surface area contributed by atoms with Gasteiger partial charge < -0.3 is 9.64 Å². The molecule has 1 aromatic heterocycles. The van der Waals surface area contributed by atoms with Crippen molar-refractivity contribution in [2.24, 2.45) is 5.84 Å². The van der Waals surface area contributed by atoms with Crippen LogP contribution in [0.3, 0.4) is 0 Å². The molecule has 1 aromatic rings. The van der Waals surface area contributed by atoms with Crippen LogP contribution >= 0.6 is 0 Å². The average molecular weight is 295 g/mol. The molecular formula is C14H25N5O2. The number of pyridine rings is 1. The van der Waals surface area contributed by atoms with E-state index in [4.69, 9.17) is 10.6 Å². The van der Waals surface area contributed by atoms with E-state index in [1.54, 1.807) is 17.3 Å². The number of hydrogen-bond acceptors (Lipinski definition) is 6. The number of carbonyl (C=O) groups is 1.